The summed E-state index contributed by atoms with van der Waals surface area (Å²) in [5.74, 6) is -1.66. The van der Waals surface area contributed by atoms with E-state index in [0.29, 0.717) is 6.42 Å². The van der Waals surface area contributed by atoms with E-state index in [2.05, 4.69) is 0 Å². The number of hydrogen-bond acceptors (Lipinski definition) is 4. The highest BCUT2D eigenvalue weighted by atomic mass is 16.5. The van der Waals surface area contributed by atoms with Crippen LogP contribution in [0.5, 0.6) is 0 Å². The summed E-state index contributed by atoms with van der Waals surface area (Å²) in [5, 5.41) is 17.5. The topological polar surface area (TPSA) is 83.8 Å². The molecule has 0 aromatic rings. The Morgan fingerprint density at radius 1 is 1.47 bits per heavy atom. The van der Waals surface area contributed by atoms with Crippen LogP contribution in [0.25, 0.3) is 0 Å². The van der Waals surface area contributed by atoms with Gasteiger partial charge in [0.05, 0.1) is 12.5 Å². The lowest BCUT2D eigenvalue weighted by atomic mass is 10.2. The maximum absolute atomic E-state index is 11.0. The summed E-state index contributed by atoms with van der Waals surface area (Å²) >= 11 is 0. The van der Waals surface area contributed by atoms with Crippen molar-refractivity contribution in [3.63, 3.8) is 0 Å². The maximum Gasteiger partial charge on any atom is 0.330 e. The predicted octanol–water partition coefficient (Wildman–Crippen LogP) is 0.720. The van der Waals surface area contributed by atoms with Crippen molar-refractivity contribution in [3.05, 3.63) is 12.2 Å². The van der Waals surface area contributed by atoms with Crippen molar-refractivity contribution in [1.29, 1.82) is 0 Å². The standard InChI is InChI=1S/C10H16O5/c1-3-8(11)4-5-10(14)15-7(2)6-9(12)13/h4-5,7-8,11H,3,6H2,1-2H3,(H,12,13). The summed E-state index contributed by atoms with van der Waals surface area (Å²) in [6.07, 6.45) is 1.36. The van der Waals surface area contributed by atoms with Crippen LogP contribution in [0.2, 0.25) is 0 Å². The van der Waals surface area contributed by atoms with Crippen LogP contribution in [0.3, 0.4) is 0 Å². The summed E-state index contributed by atoms with van der Waals surface area (Å²) in [6, 6.07) is 0. The second-order valence-corrected chi connectivity index (χ2v) is 3.18. The van der Waals surface area contributed by atoms with E-state index in [4.69, 9.17) is 14.9 Å². The van der Waals surface area contributed by atoms with Gasteiger partial charge in [-0.2, -0.15) is 0 Å². The molecule has 0 spiro atoms. The quantitative estimate of drug-likeness (QED) is 0.505. The number of carbonyl (C=O) groups is 2. The van der Waals surface area contributed by atoms with E-state index in [1.165, 1.54) is 13.0 Å². The number of carbonyl (C=O) groups excluding carboxylic acids is 1. The van der Waals surface area contributed by atoms with Crippen molar-refractivity contribution in [3.8, 4) is 0 Å². The normalized spacial score (nSPS) is 14.9. The van der Waals surface area contributed by atoms with Crippen molar-refractivity contribution in [2.75, 3.05) is 0 Å². The zero-order valence-corrected chi connectivity index (χ0v) is 8.84. The molecule has 0 saturated heterocycles. The predicted molar refractivity (Wildman–Crippen MR) is 53.2 cm³/mol. The third-order valence-corrected chi connectivity index (χ3v) is 1.65. The van der Waals surface area contributed by atoms with Crippen LogP contribution in [0, 0.1) is 0 Å². The van der Waals surface area contributed by atoms with Crippen molar-refractivity contribution >= 4 is 11.9 Å². The van der Waals surface area contributed by atoms with Crippen LogP contribution in [0.15, 0.2) is 12.2 Å². The Kier molecular flexibility index (Phi) is 6.37. The summed E-state index contributed by atoms with van der Waals surface area (Å²) in [4.78, 5) is 21.3. The molecule has 0 aliphatic rings. The molecule has 0 amide bonds. The molecule has 0 bridgehead atoms. The number of carboxylic acid groups (broad SMARTS) is 1. The Hall–Kier alpha value is -1.36. The lowest BCUT2D eigenvalue weighted by molar-refractivity contribution is -0.147. The Morgan fingerprint density at radius 3 is 2.53 bits per heavy atom. The van der Waals surface area contributed by atoms with E-state index < -0.39 is 24.1 Å². The van der Waals surface area contributed by atoms with Gasteiger partial charge in [-0.3, -0.25) is 4.79 Å². The molecule has 0 rings (SSSR count). The minimum atomic E-state index is -1.02. The van der Waals surface area contributed by atoms with Gasteiger partial charge in [0.2, 0.25) is 0 Å². The molecule has 5 nitrogen and oxygen atoms in total. The van der Waals surface area contributed by atoms with Gasteiger partial charge in [0.15, 0.2) is 0 Å². The zero-order valence-electron chi connectivity index (χ0n) is 8.84. The van der Waals surface area contributed by atoms with Crippen molar-refractivity contribution < 1.29 is 24.5 Å². The Balaban J connectivity index is 3.92. The average Bonchev–Trinajstić information content (AvgIpc) is 2.12. The molecule has 15 heavy (non-hydrogen) atoms. The number of hydrogen-bond donors (Lipinski definition) is 2. The molecule has 0 aliphatic carbocycles. The third-order valence-electron chi connectivity index (χ3n) is 1.65. The van der Waals surface area contributed by atoms with Gasteiger partial charge in [-0.05, 0) is 19.4 Å². The Labute approximate surface area is 88.4 Å². The highest BCUT2D eigenvalue weighted by molar-refractivity contribution is 5.82. The maximum atomic E-state index is 11.0. The van der Waals surface area contributed by atoms with Gasteiger partial charge in [0.1, 0.15) is 6.10 Å². The molecular weight excluding hydrogens is 200 g/mol. The molecule has 0 aromatic heterocycles. The smallest absolute Gasteiger partial charge is 0.330 e. The summed E-state index contributed by atoms with van der Waals surface area (Å²) in [6.45, 7) is 3.27. The van der Waals surface area contributed by atoms with Gasteiger partial charge in [0.25, 0.3) is 0 Å². The number of aliphatic hydroxyl groups excluding tert-OH is 1. The van der Waals surface area contributed by atoms with Gasteiger partial charge in [-0.15, -0.1) is 0 Å². The lowest BCUT2D eigenvalue weighted by Gasteiger charge is -2.08. The first kappa shape index (κ1) is 13.6. The fraction of sp³-hybridized carbons (Fsp3) is 0.600. The highest BCUT2D eigenvalue weighted by Crippen LogP contribution is 1.99. The second kappa shape index (κ2) is 7.00. The van der Waals surface area contributed by atoms with Gasteiger partial charge >= 0.3 is 11.9 Å². The molecule has 5 heteroatoms. The minimum Gasteiger partial charge on any atom is -0.481 e. The molecule has 2 N–H and O–H groups in total. The summed E-state index contributed by atoms with van der Waals surface area (Å²) in [7, 11) is 0. The molecule has 86 valence electrons. The largest absolute Gasteiger partial charge is 0.481 e. The number of esters is 1. The molecule has 2 atom stereocenters. The summed E-state index contributed by atoms with van der Waals surface area (Å²) < 4.78 is 4.74. The Bertz CT molecular complexity index is 246. The monoisotopic (exact) mass is 216 g/mol. The number of ether oxygens (including phenoxy) is 1. The van der Waals surface area contributed by atoms with E-state index in [1.54, 1.807) is 6.92 Å². The second-order valence-electron chi connectivity index (χ2n) is 3.18. The van der Waals surface area contributed by atoms with E-state index in [-0.39, 0.29) is 6.42 Å². The number of aliphatic hydroxyl groups is 1. The van der Waals surface area contributed by atoms with Crippen molar-refractivity contribution in [1.82, 2.24) is 0 Å². The molecular formula is C10H16O5. The zero-order chi connectivity index (χ0) is 11.8. The number of carboxylic acids is 1. The van der Waals surface area contributed by atoms with E-state index in [9.17, 15) is 9.59 Å². The van der Waals surface area contributed by atoms with Crippen LogP contribution in [0.4, 0.5) is 0 Å². The van der Waals surface area contributed by atoms with Gasteiger partial charge < -0.3 is 14.9 Å². The van der Waals surface area contributed by atoms with Crippen LogP contribution in [-0.4, -0.2) is 34.4 Å². The van der Waals surface area contributed by atoms with Crippen molar-refractivity contribution in [2.24, 2.45) is 0 Å². The minimum absolute atomic E-state index is 0.226. The SMILES string of the molecule is CCC(O)C=CC(=O)OC(C)CC(=O)O. The first-order valence-corrected chi connectivity index (χ1v) is 4.74. The molecule has 2 unspecified atom stereocenters. The molecule has 0 heterocycles. The summed E-state index contributed by atoms with van der Waals surface area (Å²) in [5.41, 5.74) is 0. The highest BCUT2D eigenvalue weighted by Gasteiger charge is 2.11. The van der Waals surface area contributed by atoms with Crippen LogP contribution in [0.1, 0.15) is 26.7 Å². The molecule has 0 radical (unpaired) electrons. The van der Waals surface area contributed by atoms with Crippen LogP contribution >= 0.6 is 0 Å². The van der Waals surface area contributed by atoms with Crippen LogP contribution in [-0.2, 0) is 14.3 Å². The van der Waals surface area contributed by atoms with E-state index in [0.717, 1.165) is 6.08 Å². The van der Waals surface area contributed by atoms with Gasteiger partial charge in [-0.25, -0.2) is 4.79 Å². The van der Waals surface area contributed by atoms with Gasteiger partial charge in [-0.1, -0.05) is 6.92 Å². The number of rotatable bonds is 6. The lowest BCUT2D eigenvalue weighted by Crippen LogP contribution is -2.17. The number of aliphatic carboxylic acids is 1. The van der Waals surface area contributed by atoms with Crippen molar-refractivity contribution in [2.45, 2.75) is 38.9 Å². The van der Waals surface area contributed by atoms with Gasteiger partial charge in [0, 0.05) is 6.08 Å². The fourth-order valence-corrected chi connectivity index (χ4v) is 0.851. The molecule has 0 fully saturated rings. The molecule has 0 aromatic carbocycles. The van der Waals surface area contributed by atoms with E-state index in [1.807, 2.05) is 0 Å². The van der Waals surface area contributed by atoms with Crippen LogP contribution < -0.4 is 0 Å². The van der Waals surface area contributed by atoms with E-state index >= 15 is 0 Å². The first-order valence-electron chi connectivity index (χ1n) is 4.74. The average molecular weight is 216 g/mol. The first-order chi connectivity index (χ1) is 6.95. The third kappa shape index (κ3) is 7.69. The molecule has 0 saturated carbocycles. The molecule has 0 aliphatic heterocycles. The Morgan fingerprint density at radius 2 is 2.07 bits per heavy atom. The fourth-order valence-electron chi connectivity index (χ4n) is 0.851.